The van der Waals surface area contributed by atoms with Crippen molar-refractivity contribution in [1.82, 2.24) is 24.8 Å². The Morgan fingerprint density at radius 3 is 2.88 bits per heavy atom. The molecule has 0 saturated carbocycles. The van der Waals surface area contributed by atoms with Gasteiger partial charge in [0.05, 0.1) is 21.4 Å². The topological polar surface area (TPSA) is 56.0 Å². The second-order valence-corrected chi connectivity index (χ2v) is 7.49. The van der Waals surface area contributed by atoms with Crippen molar-refractivity contribution in [2.24, 2.45) is 0 Å². The van der Waals surface area contributed by atoms with Gasteiger partial charge in [0.1, 0.15) is 5.82 Å². The Hall–Kier alpha value is -2.84. The summed E-state index contributed by atoms with van der Waals surface area (Å²) in [5, 5.41) is 13.6. The predicted octanol–water partition coefficient (Wildman–Crippen LogP) is 4.69. The molecule has 0 spiro atoms. The van der Waals surface area contributed by atoms with Crippen molar-refractivity contribution in [1.29, 1.82) is 0 Å². The number of fused-ring (bicyclic) bond motifs is 2. The fraction of sp³-hybridized carbons (Fsp3) is 0. The Labute approximate surface area is 155 Å². The van der Waals surface area contributed by atoms with Crippen LogP contribution < -0.4 is 0 Å². The number of benzene rings is 2. The first-order valence-corrected chi connectivity index (χ1v) is 9.45. The van der Waals surface area contributed by atoms with E-state index in [2.05, 4.69) is 26.3 Å². The van der Waals surface area contributed by atoms with Crippen LogP contribution in [0.2, 0.25) is 0 Å². The van der Waals surface area contributed by atoms with Gasteiger partial charge in [-0.15, -0.1) is 21.5 Å². The molecule has 8 heteroatoms. The van der Waals surface area contributed by atoms with Gasteiger partial charge in [-0.3, -0.25) is 0 Å². The van der Waals surface area contributed by atoms with Crippen molar-refractivity contribution in [3.05, 3.63) is 65.9 Å². The normalized spacial score (nSPS) is 11.4. The van der Waals surface area contributed by atoms with Crippen LogP contribution in [0.5, 0.6) is 0 Å². The van der Waals surface area contributed by atoms with Gasteiger partial charge in [-0.2, -0.15) is 9.61 Å². The fourth-order valence-corrected chi connectivity index (χ4v) is 4.26. The van der Waals surface area contributed by atoms with Gasteiger partial charge in [-0.25, -0.2) is 9.37 Å². The molecule has 3 heterocycles. The highest BCUT2D eigenvalue weighted by atomic mass is 32.2. The van der Waals surface area contributed by atoms with E-state index in [0.29, 0.717) is 22.1 Å². The summed E-state index contributed by atoms with van der Waals surface area (Å²) in [6.45, 7) is 0. The summed E-state index contributed by atoms with van der Waals surface area (Å²) >= 11 is 3.08. The van der Waals surface area contributed by atoms with Crippen molar-refractivity contribution in [3.63, 3.8) is 0 Å². The summed E-state index contributed by atoms with van der Waals surface area (Å²) in [6, 6.07) is 16.1. The maximum Gasteiger partial charge on any atom is 0.217 e. The monoisotopic (exact) mass is 379 g/mol. The summed E-state index contributed by atoms with van der Waals surface area (Å²) in [4.78, 5) is 5.33. The van der Waals surface area contributed by atoms with Crippen molar-refractivity contribution in [2.45, 2.75) is 10.1 Å². The fourth-order valence-electron chi connectivity index (χ4n) is 2.64. The van der Waals surface area contributed by atoms with Crippen LogP contribution in [-0.2, 0) is 0 Å². The zero-order chi connectivity index (χ0) is 17.5. The number of aromatic nitrogens is 5. The lowest BCUT2D eigenvalue weighted by molar-refractivity contribution is 0.628. The third kappa shape index (κ3) is 2.73. The zero-order valence-corrected chi connectivity index (χ0v) is 14.8. The highest BCUT2D eigenvalue weighted by Gasteiger charge is 2.11. The molecule has 0 amide bonds. The number of rotatable bonds is 3. The quantitative estimate of drug-likeness (QED) is 0.455. The predicted molar refractivity (Wildman–Crippen MR) is 99.9 cm³/mol. The molecule has 2 aromatic carbocycles. The van der Waals surface area contributed by atoms with Gasteiger partial charge in [-0.1, -0.05) is 12.1 Å². The molecule has 0 atom stereocenters. The summed E-state index contributed by atoms with van der Waals surface area (Å²) < 4.78 is 16.3. The molecule has 5 nitrogen and oxygen atoms in total. The smallest absolute Gasteiger partial charge is 0.217 e. The van der Waals surface area contributed by atoms with Crippen LogP contribution >= 0.6 is 23.1 Å². The molecule has 5 aromatic rings. The standard InChI is InChI=1S/C18H10FN5S2/c19-12-3-1-2-11(8-12)14-6-7-17-21-22-18(24(17)23-14)26-13-4-5-15-16(9-13)25-10-20-15/h1-10H. The molecular weight excluding hydrogens is 369 g/mol. The van der Waals surface area contributed by atoms with E-state index in [0.717, 1.165) is 15.1 Å². The molecule has 0 saturated heterocycles. The molecule has 126 valence electrons. The van der Waals surface area contributed by atoms with Gasteiger partial charge in [0.2, 0.25) is 5.16 Å². The van der Waals surface area contributed by atoms with E-state index in [-0.39, 0.29) is 5.82 Å². The first kappa shape index (κ1) is 15.4. The summed E-state index contributed by atoms with van der Waals surface area (Å²) in [6.07, 6.45) is 0. The third-order valence-electron chi connectivity index (χ3n) is 3.87. The van der Waals surface area contributed by atoms with E-state index in [9.17, 15) is 4.39 Å². The minimum absolute atomic E-state index is 0.291. The van der Waals surface area contributed by atoms with Crippen LogP contribution in [0.3, 0.4) is 0 Å². The van der Waals surface area contributed by atoms with Crippen LogP contribution in [0.25, 0.3) is 27.1 Å². The highest BCUT2D eigenvalue weighted by molar-refractivity contribution is 7.99. The zero-order valence-electron chi connectivity index (χ0n) is 13.2. The lowest BCUT2D eigenvalue weighted by Gasteiger charge is -2.03. The summed E-state index contributed by atoms with van der Waals surface area (Å²) in [7, 11) is 0. The summed E-state index contributed by atoms with van der Waals surface area (Å²) in [5.74, 6) is -0.291. The molecule has 0 aliphatic carbocycles. The number of thiazole rings is 1. The van der Waals surface area contributed by atoms with Crippen LogP contribution in [-0.4, -0.2) is 24.8 Å². The van der Waals surface area contributed by atoms with Crippen LogP contribution in [0, 0.1) is 5.82 Å². The van der Waals surface area contributed by atoms with E-state index in [1.165, 1.54) is 23.9 Å². The van der Waals surface area contributed by atoms with Gasteiger partial charge in [0.25, 0.3) is 0 Å². The van der Waals surface area contributed by atoms with E-state index >= 15 is 0 Å². The SMILES string of the molecule is Fc1cccc(-c2ccc3nnc(Sc4ccc5ncsc5c4)n3n2)c1. The second kappa shape index (κ2) is 6.15. The molecule has 3 aromatic heterocycles. The van der Waals surface area contributed by atoms with Gasteiger partial charge >= 0.3 is 0 Å². The lowest BCUT2D eigenvalue weighted by atomic mass is 10.1. The van der Waals surface area contributed by atoms with Crippen molar-refractivity contribution in [2.75, 3.05) is 0 Å². The number of hydrogen-bond acceptors (Lipinski definition) is 6. The number of nitrogens with zero attached hydrogens (tertiary/aromatic N) is 5. The van der Waals surface area contributed by atoms with Crippen molar-refractivity contribution in [3.8, 4) is 11.3 Å². The average molecular weight is 379 g/mol. The maximum absolute atomic E-state index is 13.5. The first-order valence-electron chi connectivity index (χ1n) is 7.76. The van der Waals surface area contributed by atoms with Crippen molar-refractivity contribution >= 4 is 39.0 Å². The minimum atomic E-state index is -0.291. The van der Waals surface area contributed by atoms with Crippen molar-refractivity contribution < 1.29 is 4.39 Å². The Morgan fingerprint density at radius 1 is 1.00 bits per heavy atom. The van der Waals surface area contributed by atoms with Crippen LogP contribution in [0.15, 0.2) is 70.2 Å². The van der Waals surface area contributed by atoms with Gasteiger partial charge in [-0.05, 0) is 54.2 Å². The van der Waals surface area contributed by atoms with Crippen LogP contribution in [0.4, 0.5) is 4.39 Å². The number of hydrogen-bond donors (Lipinski definition) is 0. The highest BCUT2D eigenvalue weighted by Crippen LogP contribution is 2.30. The Kier molecular flexibility index (Phi) is 3.65. The largest absolute Gasteiger partial charge is 0.245 e. The number of halogens is 1. The Balaban J connectivity index is 1.56. The third-order valence-corrected chi connectivity index (χ3v) is 5.59. The first-order chi connectivity index (χ1) is 12.8. The molecule has 0 aliphatic rings. The molecule has 0 N–H and O–H groups in total. The molecule has 5 rings (SSSR count). The molecule has 0 bridgehead atoms. The lowest BCUT2D eigenvalue weighted by Crippen LogP contribution is -1.96. The van der Waals surface area contributed by atoms with E-state index in [1.807, 2.05) is 35.8 Å². The van der Waals surface area contributed by atoms with E-state index in [1.54, 1.807) is 21.9 Å². The van der Waals surface area contributed by atoms with E-state index < -0.39 is 0 Å². The minimum Gasteiger partial charge on any atom is -0.245 e. The molecule has 0 fully saturated rings. The Morgan fingerprint density at radius 2 is 1.96 bits per heavy atom. The maximum atomic E-state index is 13.5. The molecule has 0 aliphatic heterocycles. The van der Waals surface area contributed by atoms with Gasteiger partial charge in [0.15, 0.2) is 5.65 Å². The molecular formula is C18H10FN5S2. The van der Waals surface area contributed by atoms with Gasteiger partial charge in [0, 0.05) is 10.5 Å². The molecule has 0 radical (unpaired) electrons. The van der Waals surface area contributed by atoms with E-state index in [4.69, 9.17) is 0 Å². The Bertz CT molecular complexity index is 1250. The average Bonchev–Trinajstić information content (AvgIpc) is 3.28. The van der Waals surface area contributed by atoms with Crippen LogP contribution in [0.1, 0.15) is 0 Å². The second-order valence-electron chi connectivity index (χ2n) is 5.57. The molecule has 26 heavy (non-hydrogen) atoms. The summed E-state index contributed by atoms with van der Waals surface area (Å²) in [5.41, 5.74) is 4.83. The molecule has 0 unspecified atom stereocenters. The van der Waals surface area contributed by atoms with Gasteiger partial charge < -0.3 is 0 Å².